The number of aliphatic hydroxyl groups is 1. The van der Waals surface area contributed by atoms with Gasteiger partial charge in [0.1, 0.15) is 5.75 Å². The van der Waals surface area contributed by atoms with E-state index in [9.17, 15) is 5.11 Å². The average Bonchev–Trinajstić information content (AvgIpc) is 2.54. The number of rotatable bonds is 7. The van der Waals surface area contributed by atoms with Crippen LogP contribution < -0.4 is 10.1 Å². The third kappa shape index (κ3) is 4.33. The maximum absolute atomic E-state index is 9.24. The van der Waals surface area contributed by atoms with Crippen LogP contribution in [-0.4, -0.2) is 11.7 Å². The highest BCUT2D eigenvalue weighted by Crippen LogP contribution is 2.22. The summed E-state index contributed by atoms with van der Waals surface area (Å²) in [5, 5.41) is 12.8. The molecule has 0 aliphatic carbocycles. The molecule has 0 spiro atoms. The van der Waals surface area contributed by atoms with Crippen molar-refractivity contribution in [2.45, 2.75) is 40.0 Å². The van der Waals surface area contributed by atoms with Crippen LogP contribution in [0.1, 0.15) is 42.1 Å². The molecule has 2 N–H and O–H groups in total. The molecule has 0 aliphatic rings. The lowest BCUT2D eigenvalue weighted by molar-refractivity contribution is 0.281. The molecule has 22 heavy (non-hydrogen) atoms. The first-order valence-corrected chi connectivity index (χ1v) is 7.79. The largest absolute Gasteiger partial charge is 0.494 e. The summed E-state index contributed by atoms with van der Waals surface area (Å²) in [7, 11) is 0. The van der Waals surface area contributed by atoms with E-state index < -0.39 is 0 Å². The van der Waals surface area contributed by atoms with E-state index in [2.05, 4.69) is 43.4 Å². The van der Waals surface area contributed by atoms with Crippen molar-refractivity contribution in [3.8, 4) is 5.75 Å². The van der Waals surface area contributed by atoms with Gasteiger partial charge in [-0.25, -0.2) is 0 Å². The van der Waals surface area contributed by atoms with Crippen molar-refractivity contribution in [1.82, 2.24) is 5.32 Å². The summed E-state index contributed by atoms with van der Waals surface area (Å²) in [6, 6.07) is 14.5. The Morgan fingerprint density at radius 2 is 2.00 bits per heavy atom. The summed E-state index contributed by atoms with van der Waals surface area (Å²) in [4.78, 5) is 0. The molecule has 0 bridgehead atoms. The van der Waals surface area contributed by atoms with E-state index in [1.807, 2.05) is 25.1 Å². The zero-order valence-electron chi connectivity index (χ0n) is 13.6. The Bertz CT molecular complexity index is 610. The van der Waals surface area contributed by atoms with Crippen molar-refractivity contribution in [2.75, 3.05) is 6.61 Å². The Labute approximate surface area is 133 Å². The zero-order valence-corrected chi connectivity index (χ0v) is 13.6. The molecule has 3 heteroatoms. The fourth-order valence-corrected chi connectivity index (χ4v) is 2.44. The minimum Gasteiger partial charge on any atom is -0.494 e. The number of ether oxygens (including phenoxy) is 1. The topological polar surface area (TPSA) is 41.5 Å². The monoisotopic (exact) mass is 299 g/mol. The molecule has 3 nitrogen and oxygen atoms in total. The predicted molar refractivity (Wildman–Crippen MR) is 90.0 cm³/mol. The van der Waals surface area contributed by atoms with Gasteiger partial charge in [0.15, 0.2) is 0 Å². The summed E-state index contributed by atoms with van der Waals surface area (Å²) < 4.78 is 5.72. The lowest BCUT2D eigenvalue weighted by atomic mass is 10.0. The van der Waals surface area contributed by atoms with Crippen LogP contribution in [0.4, 0.5) is 0 Å². The minimum atomic E-state index is 0.0764. The van der Waals surface area contributed by atoms with Gasteiger partial charge in [-0.15, -0.1) is 0 Å². The Kier molecular flexibility index (Phi) is 5.99. The van der Waals surface area contributed by atoms with Crippen LogP contribution >= 0.6 is 0 Å². The molecule has 0 heterocycles. The van der Waals surface area contributed by atoms with Crippen molar-refractivity contribution >= 4 is 0 Å². The lowest BCUT2D eigenvalue weighted by Crippen LogP contribution is -2.18. The van der Waals surface area contributed by atoms with Gasteiger partial charge in [0, 0.05) is 18.2 Å². The second kappa shape index (κ2) is 7.97. The third-order valence-corrected chi connectivity index (χ3v) is 3.75. The van der Waals surface area contributed by atoms with Gasteiger partial charge in [0.05, 0.1) is 13.2 Å². The van der Waals surface area contributed by atoms with E-state index in [1.54, 1.807) is 0 Å². The number of hydrogen-bond acceptors (Lipinski definition) is 3. The number of benzene rings is 2. The summed E-state index contributed by atoms with van der Waals surface area (Å²) in [6.07, 6.45) is 0. The van der Waals surface area contributed by atoms with E-state index in [0.29, 0.717) is 6.61 Å². The van der Waals surface area contributed by atoms with Crippen LogP contribution in [0.25, 0.3) is 0 Å². The van der Waals surface area contributed by atoms with Gasteiger partial charge in [0.25, 0.3) is 0 Å². The maximum atomic E-state index is 9.24. The second-order valence-corrected chi connectivity index (χ2v) is 5.55. The molecule has 0 fully saturated rings. The van der Waals surface area contributed by atoms with Gasteiger partial charge in [-0.2, -0.15) is 0 Å². The molecule has 2 rings (SSSR count). The molecular formula is C19H25NO2. The molecule has 1 unspecified atom stereocenters. The van der Waals surface area contributed by atoms with Crippen molar-refractivity contribution in [3.63, 3.8) is 0 Å². The molecule has 0 saturated heterocycles. The summed E-state index contributed by atoms with van der Waals surface area (Å²) in [5.74, 6) is 0.950. The lowest BCUT2D eigenvalue weighted by Gasteiger charge is -2.17. The average molecular weight is 299 g/mol. The van der Waals surface area contributed by atoms with Gasteiger partial charge in [-0.1, -0.05) is 36.4 Å². The minimum absolute atomic E-state index is 0.0764. The molecule has 2 aromatic rings. The number of nitrogens with one attached hydrogen (secondary N) is 1. The molecule has 0 aliphatic heterocycles. The van der Waals surface area contributed by atoms with E-state index in [4.69, 9.17) is 4.74 Å². The van der Waals surface area contributed by atoms with Gasteiger partial charge >= 0.3 is 0 Å². The van der Waals surface area contributed by atoms with Crippen LogP contribution in [0, 0.1) is 6.92 Å². The Balaban J connectivity index is 2.05. The first-order valence-electron chi connectivity index (χ1n) is 7.79. The van der Waals surface area contributed by atoms with Gasteiger partial charge in [-0.3, -0.25) is 0 Å². The van der Waals surface area contributed by atoms with E-state index in [1.165, 1.54) is 11.1 Å². The normalized spacial score (nSPS) is 12.2. The van der Waals surface area contributed by atoms with Crippen molar-refractivity contribution in [3.05, 3.63) is 64.7 Å². The number of aryl methyl sites for hydroxylation is 1. The Morgan fingerprint density at radius 3 is 2.73 bits per heavy atom. The van der Waals surface area contributed by atoms with Crippen molar-refractivity contribution in [2.24, 2.45) is 0 Å². The SMILES string of the molecule is CCOc1cc(C)ccc1CNC(C)c1cccc(CO)c1. The highest BCUT2D eigenvalue weighted by Gasteiger charge is 2.08. The van der Waals surface area contributed by atoms with Gasteiger partial charge in [0.2, 0.25) is 0 Å². The maximum Gasteiger partial charge on any atom is 0.124 e. The van der Waals surface area contributed by atoms with Crippen molar-refractivity contribution < 1.29 is 9.84 Å². The smallest absolute Gasteiger partial charge is 0.124 e. The Hall–Kier alpha value is -1.84. The molecule has 0 amide bonds. The van der Waals surface area contributed by atoms with Gasteiger partial charge < -0.3 is 15.2 Å². The number of hydrogen-bond donors (Lipinski definition) is 2. The second-order valence-electron chi connectivity index (χ2n) is 5.55. The molecular weight excluding hydrogens is 274 g/mol. The first-order chi connectivity index (χ1) is 10.6. The fourth-order valence-electron chi connectivity index (χ4n) is 2.44. The van der Waals surface area contributed by atoms with Crippen LogP contribution in [0.3, 0.4) is 0 Å². The Morgan fingerprint density at radius 1 is 1.18 bits per heavy atom. The standard InChI is InChI=1S/C19H25NO2/c1-4-22-19-10-14(2)8-9-18(19)12-20-15(3)17-7-5-6-16(11-17)13-21/h5-11,15,20-21H,4,12-13H2,1-3H3. The quantitative estimate of drug-likeness (QED) is 0.818. The fraction of sp³-hybridized carbons (Fsp3) is 0.368. The van der Waals surface area contributed by atoms with Crippen LogP contribution in [-0.2, 0) is 13.2 Å². The molecule has 2 aromatic carbocycles. The molecule has 0 saturated carbocycles. The molecule has 0 aromatic heterocycles. The van der Waals surface area contributed by atoms with E-state index in [0.717, 1.165) is 23.4 Å². The predicted octanol–water partition coefficient (Wildman–Crippen LogP) is 3.74. The zero-order chi connectivity index (χ0) is 15.9. The summed E-state index contributed by atoms with van der Waals surface area (Å²) >= 11 is 0. The molecule has 118 valence electrons. The first kappa shape index (κ1) is 16.5. The van der Waals surface area contributed by atoms with Crippen LogP contribution in [0.2, 0.25) is 0 Å². The number of aliphatic hydroxyl groups excluding tert-OH is 1. The highest BCUT2D eigenvalue weighted by atomic mass is 16.5. The molecule has 1 atom stereocenters. The van der Waals surface area contributed by atoms with Crippen LogP contribution in [0.15, 0.2) is 42.5 Å². The summed E-state index contributed by atoms with van der Waals surface area (Å²) in [5.41, 5.74) is 4.49. The van der Waals surface area contributed by atoms with E-state index >= 15 is 0 Å². The van der Waals surface area contributed by atoms with Crippen molar-refractivity contribution in [1.29, 1.82) is 0 Å². The van der Waals surface area contributed by atoms with Crippen LogP contribution in [0.5, 0.6) is 5.75 Å². The third-order valence-electron chi connectivity index (χ3n) is 3.75. The molecule has 0 radical (unpaired) electrons. The highest BCUT2D eigenvalue weighted by molar-refractivity contribution is 5.37. The summed E-state index contributed by atoms with van der Waals surface area (Å²) in [6.45, 7) is 7.70. The van der Waals surface area contributed by atoms with Gasteiger partial charge in [-0.05, 0) is 43.5 Å². The van der Waals surface area contributed by atoms with E-state index in [-0.39, 0.29) is 12.6 Å².